The topological polar surface area (TPSA) is 69.6 Å². The van der Waals surface area contributed by atoms with Gasteiger partial charge in [0.2, 0.25) is 0 Å². The van der Waals surface area contributed by atoms with Crippen LogP contribution in [0.25, 0.3) is 0 Å². The Balaban J connectivity index is 2.16. The highest BCUT2D eigenvalue weighted by Crippen LogP contribution is 2.33. The molecule has 0 bridgehead atoms. The first-order valence-electron chi connectivity index (χ1n) is 6.88. The molecule has 4 nitrogen and oxygen atoms in total. The lowest BCUT2D eigenvalue weighted by Gasteiger charge is -2.39. The van der Waals surface area contributed by atoms with Crippen LogP contribution in [-0.2, 0) is 0 Å². The summed E-state index contributed by atoms with van der Waals surface area (Å²) in [6.07, 6.45) is 3.67. The fourth-order valence-corrected chi connectivity index (χ4v) is 3.31. The zero-order chi connectivity index (χ0) is 14.8. The van der Waals surface area contributed by atoms with Crippen LogP contribution in [0.5, 0.6) is 5.75 Å². The first-order valence-corrected chi connectivity index (χ1v) is 7.67. The number of halogens is 1. The summed E-state index contributed by atoms with van der Waals surface area (Å²) in [5.74, 6) is 0.0849. The minimum absolute atomic E-state index is 0.0613. The van der Waals surface area contributed by atoms with E-state index in [9.17, 15) is 15.0 Å². The van der Waals surface area contributed by atoms with Crippen molar-refractivity contribution in [3.63, 3.8) is 0 Å². The minimum Gasteiger partial charge on any atom is -0.507 e. The average Bonchev–Trinajstić information content (AvgIpc) is 2.38. The van der Waals surface area contributed by atoms with Crippen molar-refractivity contribution in [3.8, 4) is 5.75 Å². The lowest BCUT2D eigenvalue weighted by molar-refractivity contribution is 0.0695. The first kappa shape index (κ1) is 15.3. The summed E-state index contributed by atoms with van der Waals surface area (Å²) in [5, 5.41) is 22.5. The molecule has 1 aliphatic rings. The molecule has 0 aromatic heterocycles. The lowest BCUT2D eigenvalue weighted by atomic mass is 9.76. The highest BCUT2D eigenvalue weighted by Gasteiger charge is 2.36. The maximum Gasteiger partial charge on any atom is 0.255 e. The Kier molecular flexibility index (Phi) is 4.70. The third-order valence-corrected chi connectivity index (χ3v) is 4.47. The average molecular weight is 342 g/mol. The van der Waals surface area contributed by atoms with Crippen molar-refractivity contribution < 1.29 is 15.0 Å². The molecule has 1 saturated carbocycles. The summed E-state index contributed by atoms with van der Waals surface area (Å²) in [6, 6.07) is 4.78. The molecule has 0 saturated heterocycles. The van der Waals surface area contributed by atoms with Gasteiger partial charge in [0.05, 0.1) is 17.7 Å². The second-order valence-electron chi connectivity index (χ2n) is 5.76. The minimum atomic E-state index is -0.561. The molecule has 0 spiro atoms. The number of aliphatic hydroxyl groups is 1. The van der Waals surface area contributed by atoms with E-state index in [2.05, 4.69) is 28.2 Å². The van der Waals surface area contributed by atoms with E-state index in [1.165, 1.54) is 6.07 Å². The Bertz CT molecular complexity index is 506. The molecule has 1 aromatic carbocycles. The zero-order valence-electron chi connectivity index (χ0n) is 11.5. The van der Waals surface area contributed by atoms with E-state index < -0.39 is 5.54 Å². The molecule has 1 fully saturated rings. The van der Waals surface area contributed by atoms with Crippen molar-refractivity contribution >= 4 is 21.8 Å². The first-order chi connectivity index (χ1) is 9.46. The Hall–Kier alpha value is -1.07. The van der Waals surface area contributed by atoms with Gasteiger partial charge in [-0.1, -0.05) is 35.7 Å². The maximum atomic E-state index is 12.3. The van der Waals surface area contributed by atoms with Gasteiger partial charge in [0.25, 0.3) is 5.91 Å². The van der Waals surface area contributed by atoms with E-state index in [-0.39, 0.29) is 23.8 Å². The Morgan fingerprint density at radius 1 is 1.55 bits per heavy atom. The molecule has 1 amide bonds. The lowest BCUT2D eigenvalue weighted by Crippen LogP contribution is -2.53. The molecule has 2 unspecified atom stereocenters. The summed E-state index contributed by atoms with van der Waals surface area (Å²) in [7, 11) is 0. The van der Waals surface area contributed by atoms with Crippen molar-refractivity contribution in [3.05, 3.63) is 28.2 Å². The van der Waals surface area contributed by atoms with E-state index in [1.54, 1.807) is 12.1 Å². The fraction of sp³-hybridized carbons (Fsp3) is 0.533. The number of aromatic hydroxyl groups is 1. The van der Waals surface area contributed by atoms with Crippen LogP contribution in [0.4, 0.5) is 0 Å². The number of benzene rings is 1. The number of nitrogens with one attached hydrogen (secondary N) is 1. The summed E-state index contributed by atoms with van der Waals surface area (Å²) < 4.78 is 0.717. The largest absolute Gasteiger partial charge is 0.507 e. The fourth-order valence-electron chi connectivity index (χ4n) is 2.96. The highest BCUT2D eigenvalue weighted by molar-refractivity contribution is 9.10. The summed E-state index contributed by atoms with van der Waals surface area (Å²) in [4.78, 5) is 12.3. The molecule has 0 heterocycles. The van der Waals surface area contributed by atoms with Gasteiger partial charge in [-0.05, 0) is 37.0 Å². The number of aliphatic hydroxyl groups excluding tert-OH is 1. The van der Waals surface area contributed by atoms with Crippen LogP contribution < -0.4 is 5.32 Å². The number of phenols is 1. The molecular weight excluding hydrogens is 322 g/mol. The van der Waals surface area contributed by atoms with Crippen molar-refractivity contribution in [2.45, 2.75) is 38.1 Å². The summed E-state index contributed by atoms with van der Waals surface area (Å²) in [6.45, 7) is 2.06. The maximum absolute atomic E-state index is 12.3. The number of carbonyl (C=O) groups excluding carboxylic acids is 1. The predicted molar refractivity (Wildman–Crippen MR) is 80.7 cm³/mol. The van der Waals surface area contributed by atoms with Crippen LogP contribution in [0.15, 0.2) is 22.7 Å². The van der Waals surface area contributed by atoms with Gasteiger partial charge in [-0.2, -0.15) is 0 Å². The van der Waals surface area contributed by atoms with Crippen molar-refractivity contribution in [2.24, 2.45) is 5.92 Å². The molecular formula is C15H20BrNO3. The van der Waals surface area contributed by atoms with E-state index >= 15 is 0 Å². The quantitative estimate of drug-likeness (QED) is 0.791. The SMILES string of the molecule is CC1CCCC(CO)(NC(=O)c2ccc(Br)cc2O)C1. The second kappa shape index (κ2) is 6.14. The van der Waals surface area contributed by atoms with Crippen LogP contribution in [0.2, 0.25) is 0 Å². The molecule has 2 atom stereocenters. The Morgan fingerprint density at radius 3 is 2.90 bits per heavy atom. The van der Waals surface area contributed by atoms with Crippen LogP contribution in [0, 0.1) is 5.92 Å². The van der Waals surface area contributed by atoms with Gasteiger partial charge in [-0.15, -0.1) is 0 Å². The number of carbonyl (C=O) groups is 1. The van der Waals surface area contributed by atoms with Crippen LogP contribution in [-0.4, -0.2) is 28.3 Å². The number of hydrogen-bond acceptors (Lipinski definition) is 3. The summed E-state index contributed by atoms with van der Waals surface area (Å²) >= 11 is 3.24. The molecule has 1 aromatic rings. The molecule has 110 valence electrons. The van der Waals surface area contributed by atoms with E-state index in [0.29, 0.717) is 5.92 Å². The van der Waals surface area contributed by atoms with Gasteiger partial charge in [0.1, 0.15) is 5.75 Å². The number of hydrogen-bond donors (Lipinski definition) is 3. The van der Waals surface area contributed by atoms with Gasteiger partial charge in [-0.25, -0.2) is 0 Å². The molecule has 20 heavy (non-hydrogen) atoms. The second-order valence-corrected chi connectivity index (χ2v) is 6.67. The van der Waals surface area contributed by atoms with E-state index in [1.807, 2.05) is 0 Å². The zero-order valence-corrected chi connectivity index (χ0v) is 13.1. The van der Waals surface area contributed by atoms with Crippen LogP contribution in [0.1, 0.15) is 43.0 Å². The molecule has 5 heteroatoms. The highest BCUT2D eigenvalue weighted by atomic mass is 79.9. The van der Waals surface area contributed by atoms with Crippen molar-refractivity contribution in [1.82, 2.24) is 5.32 Å². The number of rotatable bonds is 3. The monoisotopic (exact) mass is 341 g/mol. The summed E-state index contributed by atoms with van der Waals surface area (Å²) in [5.41, 5.74) is -0.326. The standard InChI is InChI=1S/C15H20BrNO3/c1-10-3-2-6-15(8-10,9-18)17-14(20)12-5-4-11(16)7-13(12)19/h4-5,7,10,18-19H,2-3,6,8-9H2,1H3,(H,17,20). The van der Waals surface area contributed by atoms with Crippen LogP contribution >= 0.6 is 15.9 Å². The van der Waals surface area contributed by atoms with Crippen LogP contribution in [0.3, 0.4) is 0 Å². The smallest absolute Gasteiger partial charge is 0.255 e. The molecule has 3 N–H and O–H groups in total. The van der Waals surface area contributed by atoms with Crippen molar-refractivity contribution in [1.29, 1.82) is 0 Å². The normalized spacial score (nSPS) is 26.2. The third kappa shape index (κ3) is 3.33. The molecule has 0 aliphatic heterocycles. The van der Waals surface area contributed by atoms with E-state index in [4.69, 9.17) is 0 Å². The van der Waals surface area contributed by atoms with Crippen molar-refractivity contribution in [2.75, 3.05) is 6.61 Å². The number of amides is 1. The van der Waals surface area contributed by atoms with E-state index in [0.717, 1.165) is 30.2 Å². The predicted octanol–water partition coefficient (Wildman–Crippen LogP) is 2.83. The third-order valence-electron chi connectivity index (χ3n) is 3.98. The van der Waals surface area contributed by atoms with Gasteiger partial charge < -0.3 is 15.5 Å². The van der Waals surface area contributed by atoms with Gasteiger partial charge in [0, 0.05) is 4.47 Å². The van der Waals surface area contributed by atoms with Gasteiger partial charge in [0.15, 0.2) is 0 Å². The molecule has 0 radical (unpaired) electrons. The molecule has 2 rings (SSSR count). The Morgan fingerprint density at radius 2 is 2.30 bits per heavy atom. The van der Waals surface area contributed by atoms with Gasteiger partial charge >= 0.3 is 0 Å². The van der Waals surface area contributed by atoms with Gasteiger partial charge in [-0.3, -0.25) is 4.79 Å². The number of phenolic OH excluding ortho intramolecular Hbond substituents is 1. The molecule has 1 aliphatic carbocycles. The Labute approximate surface area is 127 Å².